The number of carboxylic acid groups (broad SMARTS) is 1. The largest absolute Gasteiger partial charge is 1.00 e. The van der Waals surface area contributed by atoms with Gasteiger partial charge in [-0.15, -0.1) is 11.8 Å². The summed E-state index contributed by atoms with van der Waals surface area (Å²) < 4.78 is 5.27. The van der Waals surface area contributed by atoms with Crippen molar-refractivity contribution in [2.75, 3.05) is 12.4 Å². The molecule has 6 heteroatoms. The Hall–Kier alpha value is -0.670. The van der Waals surface area contributed by atoms with Crippen LogP contribution in [0.15, 0.2) is 23.1 Å². The fraction of sp³-hybridized carbons (Fsp3) is 0.273. The Balaban J connectivity index is 0.00000256. The predicted octanol–water partition coefficient (Wildman–Crippen LogP) is -2.20. The molecule has 0 aliphatic carbocycles. The van der Waals surface area contributed by atoms with Gasteiger partial charge < -0.3 is 14.6 Å². The number of nitrogens with zero attached hydrogens (tertiary/aromatic N) is 1. The van der Waals surface area contributed by atoms with Crippen molar-refractivity contribution in [1.29, 1.82) is 5.26 Å². The zero-order chi connectivity index (χ0) is 12.0. The van der Waals surface area contributed by atoms with Gasteiger partial charge in [0.05, 0.1) is 18.1 Å². The molecule has 1 rings (SSSR count). The number of rotatable bonds is 5. The molecule has 0 bridgehead atoms. The normalized spacial score (nSPS) is 8.94. The molecule has 0 heterocycles. The summed E-state index contributed by atoms with van der Waals surface area (Å²) in [5.74, 6) is -0.706. The molecule has 4 nitrogen and oxygen atoms in total. The molecule has 17 heavy (non-hydrogen) atoms. The number of nitriles is 1. The van der Waals surface area contributed by atoms with E-state index in [2.05, 4.69) is 0 Å². The van der Waals surface area contributed by atoms with Crippen molar-refractivity contribution in [2.45, 2.75) is 11.8 Å². The van der Waals surface area contributed by atoms with Gasteiger partial charge in [-0.25, -0.2) is 0 Å². The Morgan fingerprint density at radius 2 is 2.29 bits per heavy atom. The second-order valence-corrected chi connectivity index (χ2v) is 3.88. The third-order valence-electron chi connectivity index (χ3n) is 1.73. The molecule has 0 aromatic heterocycles. The van der Waals surface area contributed by atoms with Crippen LogP contribution < -0.4 is 39.4 Å². The van der Waals surface area contributed by atoms with Crippen molar-refractivity contribution in [3.05, 3.63) is 23.8 Å². The summed E-state index contributed by atoms with van der Waals surface area (Å²) in [6.45, 7) is 2.38. The van der Waals surface area contributed by atoms with Crippen LogP contribution in [0.5, 0.6) is 5.75 Å². The Morgan fingerprint density at radius 3 is 2.82 bits per heavy atom. The Kier molecular flexibility index (Phi) is 8.09. The third kappa shape index (κ3) is 5.46. The molecule has 0 radical (unpaired) electrons. The van der Waals surface area contributed by atoms with Gasteiger partial charge in [-0.3, -0.25) is 0 Å². The quantitative estimate of drug-likeness (QED) is 0.443. The van der Waals surface area contributed by atoms with Crippen molar-refractivity contribution in [3.63, 3.8) is 0 Å². The number of carboxylic acids is 1. The molecular weight excluding hydrogens is 249 g/mol. The van der Waals surface area contributed by atoms with Crippen LogP contribution in [0.25, 0.3) is 0 Å². The van der Waals surface area contributed by atoms with Crippen LogP contribution >= 0.6 is 11.8 Å². The van der Waals surface area contributed by atoms with E-state index in [0.29, 0.717) is 22.8 Å². The number of hydrogen-bond acceptors (Lipinski definition) is 5. The standard InChI is InChI=1S/C11H11NO3S.Na/c1-2-15-9-4-3-8(6-12)10(5-9)16-7-11(13)14;/h3-5H,2,7H2,1H3,(H,13,14);/q;+1/p-1. The molecule has 0 amide bonds. The smallest absolute Gasteiger partial charge is 0.549 e. The van der Waals surface area contributed by atoms with Gasteiger partial charge in [0.15, 0.2) is 0 Å². The molecule has 1 aromatic carbocycles. The van der Waals surface area contributed by atoms with E-state index in [1.165, 1.54) is 0 Å². The first-order valence-corrected chi connectivity index (χ1v) is 5.65. The molecule has 0 fully saturated rings. The average Bonchev–Trinajstić information content (AvgIpc) is 2.27. The second-order valence-electron chi connectivity index (χ2n) is 2.86. The summed E-state index contributed by atoms with van der Waals surface area (Å²) >= 11 is 1.06. The summed E-state index contributed by atoms with van der Waals surface area (Å²) in [5, 5.41) is 19.2. The van der Waals surface area contributed by atoms with Crippen LogP contribution in [0.1, 0.15) is 12.5 Å². The number of carbonyl (C=O) groups excluding carboxylic acids is 1. The van der Waals surface area contributed by atoms with Crippen LogP contribution in [-0.4, -0.2) is 18.3 Å². The van der Waals surface area contributed by atoms with E-state index in [9.17, 15) is 9.90 Å². The Labute approximate surface area is 126 Å². The Bertz CT molecular complexity index is 431. The van der Waals surface area contributed by atoms with E-state index in [-0.39, 0.29) is 35.3 Å². The predicted molar refractivity (Wildman–Crippen MR) is 58.1 cm³/mol. The van der Waals surface area contributed by atoms with Crippen molar-refractivity contribution in [2.24, 2.45) is 0 Å². The fourth-order valence-electron chi connectivity index (χ4n) is 1.11. The summed E-state index contributed by atoms with van der Waals surface area (Å²) in [5.41, 5.74) is 0.440. The summed E-state index contributed by atoms with van der Waals surface area (Å²) in [6, 6.07) is 6.96. The molecule has 0 saturated carbocycles. The molecule has 1 aromatic rings. The van der Waals surface area contributed by atoms with Crippen LogP contribution in [0.2, 0.25) is 0 Å². The average molecular weight is 259 g/mol. The molecule has 0 unspecified atom stereocenters. The van der Waals surface area contributed by atoms with Crippen LogP contribution in [-0.2, 0) is 4.79 Å². The van der Waals surface area contributed by atoms with Gasteiger partial charge in [-0.05, 0) is 25.1 Å². The van der Waals surface area contributed by atoms with E-state index >= 15 is 0 Å². The summed E-state index contributed by atoms with van der Waals surface area (Å²) in [7, 11) is 0. The van der Waals surface area contributed by atoms with E-state index in [1.807, 2.05) is 13.0 Å². The fourth-order valence-corrected chi connectivity index (χ4v) is 1.85. The number of hydrogen-bond donors (Lipinski definition) is 0. The molecule has 84 valence electrons. The zero-order valence-corrected chi connectivity index (χ0v) is 12.5. The van der Waals surface area contributed by atoms with E-state index in [4.69, 9.17) is 10.00 Å². The molecule has 0 aliphatic heterocycles. The van der Waals surface area contributed by atoms with Gasteiger partial charge in [0.2, 0.25) is 0 Å². The minimum Gasteiger partial charge on any atom is -0.549 e. The van der Waals surface area contributed by atoms with Crippen LogP contribution in [0, 0.1) is 11.3 Å². The van der Waals surface area contributed by atoms with Gasteiger partial charge in [0, 0.05) is 10.6 Å². The topological polar surface area (TPSA) is 73.1 Å². The van der Waals surface area contributed by atoms with E-state index < -0.39 is 5.97 Å². The van der Waals surface area contributed by atoms with E-state index in [1.54, 1.807) is 18.2 Å². The van der Waals surface area contributed by atoms with Gasteiger partial charge in [-0.1, -0.05) is 0 Å². The summed E-state index contributed by atoms with van der Waals surface area (Å²) in [6.07, 6.45) is 0. The third-order valence-corrected chi connectivity index (χ3v) is 2.76. The van der Waals surface area contributed by atoms with Crippen molar-refractivity contribution in [1.82, 2.24) is 0 Å². The monoisotopic (exact) mass is 259 g/mol. The minimum atomic E-state index is -1.16. The second kappa shape index (κ2) is 8.43. The van der Waals surface area contributed by atoms with E-state index in [0.717, 1.165) is 11.8 Å². The molecular formula is C11H10NNaO3S. The molecule has 0 N–H and O–H groups in total. The molecule has 0 spiro atoms. The molecule has 0 aliphatic rings. The van der Waals surface area contributed by atoms with Crippen molar-refractivity contribution >= 4 is 17.7 Å². The van der Waals surface area contributed by atoms with Gasteiger partial charge in [-0.2, -0.15) is 5.26 Å². The maximum absolute atomic E-state index is 10.3. The number of benzene rings is 1. The number of carbonyl (C=O) groups is 1. The van der Waals surface area contributed by atoms with Gasteiger partial charge in [0.25, 0.3) is 0 Å². The zero-order valence-electron chi connectivity index (χ0n) is 9.73. The van der Waals surface area contributed by atoms with Crippen molar-refractivity contribution < 1.29 is 44.2 Å². The van der Waals surface area contributed by atoms with Gasteiger partial charge >= 0.3 is 29.6 Å². The Morgan fingerprint density at radius 1 is 1.59 bits per heavy atom. The number of aliphatic carboxylic acids is 1. The first-order chi connectivity index (χ1) is 7.67. The first kappa shape index (κ1) is 16.3. The summed E-state index contributed by atoms with van der Waals surface area (Å²) in [4.78, 5) is 10.9. The number of thioether (sulfide) groups is 1. The van der Waals surface area contributed by atoms with Crippen LogP contribution in [0.3, 0.4) is 0 Å². The van der Waals surface area contributed by atoms with Crippen molar-refractivity contribution in [3.8, 4) is 11.8 Å². The minimum absolute atomic E-state index is 0. The maximum atomic E-state index is 10.3. The maximum Gasteiger partial charge on any atom is 1.00 e. The first-order valence-electron chi connectivity index (χ1n) is 4.67. The SMILES string of the molecule is CCOc1ccc(C#N)c(SCC(=O)[O-])c1.[Na+]. The van der Waals surface area contributed by atoms with Crippen LogP contribution in [0.4, 0.5) is 0 Å². The molecule has 0 atom stereocenters. The number of ether oxygens (including phenoxy) is 1. The molecule has 0 saturated heterocycles. The van der Waals surface area contributed by atoms with Gasteiger partial charge in [0.1, 0.15) is 11.8 Å².